The van der Waals surface area contributed by atoms with Gasteiger partial charge in [-0.15, -0.1) is 0 Å². The Balaban J connectivity index is 1.38. The van der Waals surface area contributed by atoms with Crippen LogP contribution in [-0.4, -0.2) is 73.6 Å². The largest absolute Gasteiger partial charge is 0.378 e. The van der Waals surface area contributed by atoms with E-state index in [2.05, 4.69) is 10.2 Å². The number of morpholine rings is 1. The minimum atomic E-state index is -0.253. The van der Waals surface area contributed by atoms with Gasteiger partial charge in [-0.25, -0.2) is 4.39 Å². The number of carbonyl (C=O) groups excluding carboxylic acids is 2. The first-order valence-corrected chi connectivity index (χ1v) is 10.2. The molecule has 1 unspecified atom stereocenters. The molecule has 2 fully saturated rings. The summed E-state index contributed by atoms with van der Waals surface area (Å²) in [5.74, 6) is 0.0411. The van der Waals surface area contributed by atoms with Crippen molar-refractivity contribution in [1.82, 2.24) is 15.1 Å². The van der Waals surface area contributed by atoms with Crippen molar-refractivity contribution >= 4 is 11.8 Å². The van der Waals surface area contributed by atoms with Crippen LogP contribution in [0.3, 0.4) is 0 Å². The number of ether oxygens (including phenoxy) is 1. The number of hydrogen-bond donors (Lipinski definition) is 1. The number of hydrogen-bond acceptors (Lipinski definition) is 4. The maximum absolute atomic E-state index is 12.9. The van der Waals surface area contributed by atoms with Crippen LogP contribution in [0.15, 0.2) is 24.3 Å². The Hall–Kier alpha value is -1.99. The van der Waals surface area contributed by atoms with Crippen LogP contribution in [-0.2, 0) is 20.7 Å². The molecule has 3 rings (SSSR count). The van der Waals surface area contributed by atoms with Crippen LogP contribution in [0, 0.1) is 11.7 Å². The van der Waals surface area contributed by atoms with Crippen LogP contribution in [0.5, 0.6) is 0 Å². The van der Waals surface area contributed by atoms with E-state index >= 15 is 0 Å². The van der Waals surface area contributed by atoms with Gasteiger partial charge in [-0.2, -0.15) is 0 Å². The smallest absolute Gasteiger partial charge is 0.237 e. The number of nitrogens with zero attached hydrogens (tertiary/aromatic N) is 2. The molecule has 2 saturated heterocycles. The highest BCUT2D eigenvalue weighted by Gasteiger charge is 2.32. The Morgan fingerprint density at radius 1 is 1.14 bits per heavy atom. The average Bonchev–Trinajstić information content (AvgIpc) is 2.74. The first-order chi connectivity index (χ1) is 13.5. The average molecular weight is 391 g/mol. The summed E-state index contributed by atoms with van der Waals surface area (Å²) in [5, 5.41) is 2.97. The minimum absolute atomic E-state index is 0.0000625. The van der Waals surface area contributed by atoms with Gasteiger partial charge in [-0.05, 0) is 57.0 Å². The number of likely N-dealkylation sites (tertiary alicyclic amines) is 1. The standard InChI is InChI=1S/C21H30FN3O3/c1-16(20(26)23-9-6-17-2-4-19(22)5-3-17)24-10-7-18(8-11-24)21(27)25-12-14-28-15-13-25/h2-5,16,18H,6-15H2,1H3,(H,23,26). The Morgan fingerprint density at radius 3 is 2.43 bits per heavy atom. The third kappa shape index (κ3) is 5.52. The summed E-state index contributed by atoms with van der Waals surface area (Å²) in [4.78, 5) is 29.1. The molecule has 1 N–H and O–H groups in total. The van der Waals surface area contributed by atoms with E-state index in [0.717, 1.165) is 31.5 Å². The fourth-order valence-corrected chi connectivity index (χ4v) is 3.87. The summed E-state index contributed by atoms with van der Waals surface area (Å²) in [7, 11) is 0. The first kappa shape index (κ1) is 20.7. The van der Waals surface area contributed by atoms with Gasteiger partial charge in [-0.3, -0.25) is 14.5 Å². The van der Waals surface area contributed by atoms with E-state index in [-0.39, 0.29) is 29.6 Å². The predicted molar refractivity (Wildman–Crippen MR) is 104 cm³/mol. The number of nitrogens with one attached hydrogen (secondary N) is 1. The molecule has 1 aromatic rings. The maximum Gasteiger partial charge on any atom is 0.237 e. The van der Waals surface area contributed by atoms with Gasteiger partial charge in [0, 0.05) is 25.6 Å². The zero-order valence-corrected chi connectivity index (χ0v) is 16.5. The third-order valence-electron chi connectivity index (χ3n) is 5.75. The first-order valence-electron chi connectivity index (χ1n) is 10.2. The van der Waals surface area contributed by atoms with Crippen molar-refractivity contribution in [2.45, 2.75) is 32.2 Å². The zero-order chi connectivity index (χ0) is 19.9. The van der Waals surface area contributed by atoms with E-state index in [1.165, 1.54) is 12.1 Å². The summed E-state index contributed by atoms with van der Waals surface area (Å²) in [6.45, 7) is 6.58. The summed E-state index contributed by atoms with van der Waals surface area (Å²) in [6, 6.07) is 6.12. The molecule has 0 bridgehead atoms. The minimum Gasteiger partial charge on any atom is -0.378 e. The van der Waals surface area contributed by atoms with Gasteiger partial charge >= 0.3 is 0 Å². The Labute approximate surface area is 166 Å². The van der Waals surface area contributed by atoms with Gasteiger partial charge in [0.25, 0.3) is 0 Å². The number of benzene rings is 1. The van der Waals surface area contributed by atoms with Gasteiger partial charge in [-0.1, -0.05) is 12.1 Å². The highest BCUT2D eigenvalue weighted by atomic mass is 19.1. The van der Waals surface area contributed by atoms with Crippen molar-refractivity contribution < 1.29 is 18.7 Å². The van der Waals surface area contributed by atoms with Gasteiger partial charge in [0.2, 0.25) is 11.8 Å². The lowest BCUT2D eigenvalue weighted by Gasteiger charge is -2.37. The molecule has 0 aliphatic carbocycles. The lowest BCUT2D eigenvalue weighted by molar-refractivity contribution is -0.141. The molecule has 2 aliphatic rings. The number of amides is 2. The van der Waals surface area contributed by atoms with Crippen molar-refractivity contribution in [3.63, 3.8) is 0 Å². The van der Waals surface area contributed by atoms with Crippen molar-refractivity contribution in [3.05, 3.63) is 35.6 Å². The second-order valence-electron chi connectivity index (χ2n) is 7.59. The maximum atomic E-state index is 12.9. The lowest BCUT2D eigenvalue weighted by Crippen LogP contribution is -2.51. The van der Waals surface area contributed by atoms with E-state index in [0.29, 0.717) is 39.3 Å². The van der Waals surface area contributed by atoms with E-state index < -0.39 is 0 Å². The van der Waals surface area contributed by atoms with Crippen LogP contribution in [0.2, 0.25) is 0 Å². The Bertz CT molecular complexity index is 653. The Morgan fingerprint density at radius 2 is 1.79 bits per heavy atom. The summed E-state index contributed by atoms with van der Waals surface area (Å²) < 4.78 is 18.2. The number of halogens is 1. The fraction of sp³-hybridized carbons (Fsp3) is 0.619. The Kier molecular flexibility index (Phi) is 7.39. The van der Waals surface area contributed by atoms with Gasteiger partial charge in [0.15, 0.2) is 0 Å². The molecule has 0 spiro atoms. The van der Waals surface area contributed by atoms with Crippen LogP contribution < -0.4 is 5.32 Å². The molecule has 2 heterocycles. The molecule has 1 atom stereocenters. The van der Waals surface area contributed by atoms with Crippen molar-refractivity contribution in [1.29, 1.82) is 0 Å². The number of piperidine rings is 1. The molecule has 28 heavy (non-hydrogen) atoms. The molecule has 2 amide bonds. The van der Waals surface area contributed by atoms with Gasteiger partial charge in [0.1, 0.15) is 5.82 Å². The monoisotopic (exact) mass is 391 g/mol. The predicted octanol–water partition coefficient (Wildman–Crippen LogP) is 1.44. The zero-order valence-electron chi connectivity index (χ0n) is 16.5. The highest BCUT2D eigenvalue weighted by molar-refractivity contribution is 5.81. The second-order valence-corrected chi connectivity index (χ2v) is 7.59. The molecular weight excluding hydrogens is 361 g/mol. The van der Waals surface area contributed by atoms with Crippen molar-refractivity contribution in [2.24, 2.45) is 5.92 Å². The summed E-state index contributed by atoms with van der Waals surface area (Å²) >= 11 is 0. The molecule has 1 aromatic carbocycles. The molecule has 0 radical (unpaired) electrons. The van der Waals surface area contributed by atoms with Crippen LogP contribution >= 0.6 is 0 Å². The number of rotatable bonds is 6. The third-order valence-corrected chi connectivity index (χ3v) is 5.75. The molecule has 0 saturated carbocycles. The van der Waals surface area contributed by atoms with Gasteiger partial charge < -0.3 is 15.0 Å². The van der Waals surface area contributed by atoms with Crippen LogP contribution in [0.25, 0.3) is 0 Å². The molecule has 6 nitrogen and oxygen atoms in total. The van der Waals surface area contributed by atoms with Gasteiger partial charge in [0.05, 0.1) is 19.3 Å². The number of carbonyl (C=O) groups is 2. The lowest BCUT2D eigenvalue weighted by atomic mass is 9.94. The second kappa shape index (κ2) is 9.98. The normalized spacial score (nSPS) is 20.0. The van der Waals surface area contributed by atoms with E-state index in [1.807, 2.05) is 11.8 Å². The summed E-state index contributed by atoms with van der Waals surface area (Å²) in [6.07, 6.45) is 2.27. The molecule has 7 heteroatoms. The van der Waals surface area contributed by atoms with E-state index in [1.54, 1.807) is 12.1 Å². The molecule has 2 aliphatic heterocycles. The molecule has 154 valence electrons. The van der Waals surface area contributed by atoms with Crippen LogP contribution in [0.1, 0.15) is 25.3 Å². The quantitative estimate of drug-likeness (QED) is 0.797. The highest BCUT2D eigenvalue weighted by Crippen LogP contribution is 2.21. The topological polar surface area (TPSA) is 61.9 Å². The molecule has 0 aromatic heterocycles. The molecular formula is C21H30FN3O3. The fourth-order valence-electron chi connectivity index (χ4n) is 3.87. The van der Waals surface area contributed by atoms with Crippen molar-refractivity contribution in [2.75, 3.05) is 45.9 Å². The SMILES string of the molecule is CC(C(=O)NCCc1ccc(F)cc1)N1CCC(C(=O)N2CCOCC2)CC1. The van der Waals surface area contributed by atoms with Crippen LogP contribution in [0.4, 0.5) is 4.39 Å². The van der Waals surface area contributed by atoms with E-state index in [4.69, 9.17) is 4.74 Å². The van der Waals surface area contributed by atoms with Crippen molar-refractivity contribution in [3.8, 4) is 0 Å². The summed E-state index contributed by atoms with van der Waals surface area (Å²) in [5.41, 5.74) is 0.997. The van der Waals surface area contributed by atoms with E-state index in [9.17, 15) is 14.0 Å².